The van der Waals surface area contributed by atoms with E-state index in [0.29, 0.717) is 10.0 Å². The first-order valence-electron chi connectivity index (χ1n) is 4.00. The van der Waals surface area contributed by atoms with Crippen LogP contribution >= 0.6 is 23.2 Å². The second-order valence-corrected chi connectivity index (χ2v) is 3.65. The summed E-state index contributed by atoms with van der Waals surface area (Å²) >= 11 is 11.6. The number of hydrogen-bond donors (Lipinski definition) is 2. The van der Waals surface area contributed by atoms with E-state index in [9.17, 15) is 0 Å². The molecule has 0 aliphatic carbocycles. The van der Waals surface area contributed by atoms with Crippen LogP contribution in [0.15, 0.2) is 18.2 Å². The molecule has 4 heteroatoms. The summed E-state index contributed by atoms with van der Waals surface area (Å²) in [4.78, 5) is 0. The Labute approximate surface area is 88.0 Å². The van der Waals surface area contributed by atoms with Gasteiger partial charge in [-0.05, 0) is 24.7 Å². The molecule has 1 aromatic rings. The lowest BCUT2D eigenvalue weighted by atomic mass is 10.1. The van der Waals surface area contributed by atoms with Gasteiger partial charge in [0.2, 0.25) is 0 Å². The molecular weight excluding hydrogens is 207 g/mol. The molecule has 1 atom stereocenters. The predicted octanol–water partition coefficient (Wildman–Crippen LogP) is 2.21. The van der Waals surface area contributed by atoms with Crippen molar-refractivity contribution < 1.29 is 0 Å². The third-order valence-corrected chi connectivity index (χ3v) is 2.53. The van der Waals surface area contributed by atoms with Crippen LogP contribution in [0.3, 0.4) is 0 Å². The van der Waals surface area contributed by atoms with Gasteiger partial charge in [-0.3, -0.25) is 0 Å². The molecule has 2 nitrogen and oxygen atoms in total. The third kappa shape index (κ3) is 2.85. The van der Waals surface area contributed by atoms with Crippen LogP contribution in [0.2, 0.25) is 10.0 Å². The first kappa shape index (κ1) is 10.8. The minimum atomic E-state index is -0.0419. The molecule has 13 heavy (non-hydrogen) atoms. The fourth-order valence-electron chi connectivity index (χ4n) is 1.08. The second kappa shape index (κ2) is 4.82. The van der Waals surface area contributed by atoms with Crippen LogP contribution in [-0.2, 0) is 0 Å². The van der Waals surface area contributed by atoms with Crippen LogP contribution < -0.4 is 11.1 Å². The Morgan fingerprint density at radius 1 is 1.38 bits per heavy atom. The van der Waals surface area contributed by atoms with Crippen molar-refractivity contribution >= 4 is 23.2 Å². The Balaban J connectivity index is 2.84. The minimum Gasteiger partial charge on any atom is -0.323 e. The third-order valence-electron chi connectivity index (χ3n) is 1.80. The molecule has 3 N–H and O–H groups in total. The fourth-order valence-corrected chi connectivity index (χ4v) is 1.39. The number of hydrogen-bond acceptors (Lipinski definition) is 2. The Morgan fingerprint density at radius 3 is 2.62 bits per heavy atom. The zero-order chi connectivity index (χ0) is 9.84. The number of likely N-dealkylation sites (N-methyl/N-ethyl adjacent to an activating group) is 1. The Morgan fingerprint density at radius 2 is 2.08 bits per heavy atom. The molecule has 0 fully saturated rings. The van der Waals surface area contributed by atoms with E-state index in [-0.39, 0.29) is 6.04 Å². The van der Waals surface area contributed by atoms with Crippen molar-refractivity contribution in [3.8, 4) is 0 Å². The number of benzene rings is 1. The summed E-state index contributed by atoms with van der Waals surface area (Å²) in [6.45, 7) is 0.720. The summed E-state index contributed by atoms with van der Waals surface area (Å²) in [7, 11) is 1.86. The average Bonchev–Trinajstić information content (AvgIpc) is 2.10. The maximum atomic E-state index is 5.86. The molecule has 0 amide bonds. The van der Waals surface area contributed by atoms with Crippen LogP contribution in [0.1, 0.15) is 11.6 Å². The number of halogens is 2. The van der Waals surface area contributed by atoms with Gasteiger partial charge in [-0.15, -0.1) is 0 Å². The summed E-state index contributed by atoms with van der Waals surface area (Å²) in [6, 6.07) is 5.40. The topological polar surface area (TPSA) is 38.0 Å². The summed E-state index contributed by atoms with van der Waals surface area (Å²) in [6.07, 6.45) is 0. The maximum absolute atomic E-state index is 5.86. The van der Waals surface area contributed by atoms with Gasteiger partial charge in [-0.2, -0.15) is 0 Å². The molecule has 0 aromatic heterocycles. The van der Waals surface area contributed by atoms with Crippen molar-refractivity contribution in [3.63, 3.8) is 0 Å². The van der Waals surface area contributed by atoms with Gasteiger partial charge in [0.15, 0.2) is 0 Å². The van der Waals surface area contributed by atoms with Crippen LogP contribution in [-0.4, -0.2) is 13.6 Å². The van der Waals surface area contributed by atoms with Crippen molar-refractivity contribution in [1.29, 1.82) is 0 Å². The smallest absolute Gasteiger partial charge is 0.0595 e. The van der Waals surface area contributed by atoms with E-state index in [2.05, 4.69) is 5.32 Å². The quantitative estimate of drug-likeness (QED) is 0.817. The Hall–Kier alpha value is -0.280. The maximum Gasteiger partial charge on any atom is 0.0595 e. The summed E-state index contributed by atoms with van der Waals surface area (Å²) in [5.41, 5.74) is 6.85. The molecule has 0 saturated heterocycles. The van der Waals surface area contributed by atoms with Gasteiger partial charge in [0, 0.05) is 12.6 Å². The lowest BCUT2D eigenvalue weighted by Gasteiger charge is -2.11. The molecule has 0 radical (unpaired) electrons. The van der Waals surface area contributed by atoms with Crippen molar-refractivity contribution in [2.45, 2.75) is 6.04 Å². The molecule has 72 valence electrons. The molecule has 0 aliphatic heterocycles. The normalized spacial score (nSPS) is 12.9. The van der Waals surface area contributed by atoms with Gasteiger partial charge in [0.05, 0.1) is 10.0 Å². The molecule has 0 aliphatic rings. The van der Waals surface area contributed by atoms with Crippen molar-refractivity contribution in [3.05, 3.63) is 33.8 Å². The molecule has 0 spiro atoms. The summed E-state index contributed by atoms with van der Waals surface area (Å²) in [5.74, 6) is 0. The number of nitrogens with one attached hydrogen (secondary N) is 1. The fraction of sp³-hybridized carbons (Fsp3) is 0.333. The zero-order valence-electron chi connectivity index (χ0n) is 7.35. The number of nitrogens with two attached hydrogens (primary N) is 1. The molecule has 0 bridgehead atoms. The van der Waals surface area contributed by atoms with Gasteiger partial charge in [0.25, 0.3) is 0 Å². The van der Waals surface area contributed by atoms with E-state index in [4.69, 9.17) is 28.9 Å². The van der Waals surface area contributed by atoms with E-state index in [1.54, 1.807) is 12.1 Å². The summed E-state index contributed by atoms with van der Waals surface area (Å²) in [5, 5.41) is 4.10. The highest BCUT2D eigenvalue weighted by atomic mass is 35.5. The molecule has 0 heterocycles. The van der Waals surface area contributed by atoms with Crippen LogP contribution in [0.5, 0.6) is 0 Å². The van der Waals surface area contributed by atoms with Gasteiger partial charge < -0.3 is 11.1 Å². The van der Waals surface area contributed by atoms with Crippen molar-refractivity contribution in [1.82, 2.24) is 5.32 Å². The van der Waals surface area contributed by atoms with Crippen LogP contribution in [0.4, 0.5) is 0 Å². The largest absolute Gasteiger partial charge is 0.323 e. The van der Waals surface area contributed by atoms with E-state index in [1.807, 2.05) is 13.1 Å². The highest BCUT2D eigenvalue weighted by Crippen LogP contribution is 2.24. The average molecular weight is 219 g/mol. The minimum absolute atomic E-state index is 0.0419. The standard InChI is InChI=1S/C9H12Cl2N2/c1-13-5-9(12)6-2-3-7(10)8(11)4-6/h2-4,9,13H,5,12H2,1H3. The lowest BCUT2D eigenvalue weighted by molar-refractivity contribution is 0.653. The lowest BCUT2D eigenvalue weighted by Crippen LogP contribution is -2.23. The second-order valence-electron chi connectivity index (χ2n) is 2.84. The van der Waals surface area contributed by atoms with Gasteiger partial charge in [-0.1, -0.05) is 29.3 Å². The van der Waals surface area contributed by atoms with Gasteiger partial charge in [0.1, 0.15) is 0 Å². The molecule has 1 rings (SSSR count). The zero-order valence-corrected chi connectivity index (χ0v) is 8.86. The molecule has 1 aromatic carbocycles. The Kier molecular flexibility index (Phi) is 4.00. The first-order chi connectivity index (χ1) is 6.15. The summed E-state index contributed by atoms with van der Waals surface area (Å²) < 4.78 is 0. The monoisotopic (exact) mass is 218 g/mol. The van der Waals surface area contributed by atoms with E-state index < -0.39 is 0 Å². The van der Waals surface area contributed by atoms with E-state index in [1.165, 1.54) is 0 Å². The molecular formula is C9H12Cl2N2. The molecule has 1 unspecified atom stereocenters. The van der Waals surface area contributed by atoms with Gasteiger partial charge in [-0.25, -0.2) is 0 Å². The highest BCUT2D eigenvalue weighted by Gasteiger charge is 2.06. The van der Waals surface area contributed by atoms with E-state index in [0.717, 1.165) is 12.1 Å². The van der Waals surface area contributed by atoms with Crippen LogP contribution in [0, 0.1) is 0 Å². The first-order valence-corrected chi connectivity index (χ1v) is 4.76. The van der Waals surface area contributed by atoms with Crippen molar-refractivity contribution in [2.75, 3.05) is 13.6 Å². The van der Waals surface area contributed by atoms with E-state index >= 15 is 0 Å². The Bertz CT molecular complexity index is 289. The molecule has 0 saturated carbocycles. The SMILES string of the molecule is CNCC(N)c1ccc(Cl)c(Cl)c1. The predicted molar refractivity (Wildman–Crippen MR) is 57.3 cm³/mol. The van der Waals surface area contributed by atoms with Crippen molar-refractivity contribution in [2.24, 2.45) is 5.73 Å². The number of rotatable bonds is 3. The van der Waals surface area contributed by atoms with Gasteiger partial charge >= 0.3 is 0 Å². The van der Waals surface area contributed by atoms with Crippen LogP contribution in [0.25, 0.3) is 0 Å². The highest BCUT2D eigenvalue weighted by molar-refractivity contribution is 6.42.